The summed E-state index contributed by atoms with van der Waals surface area (Å²) in [4.78, 5) is 0. The largest absolute Gasteiger partial charge is 0.394 e. The zero-order valence-electron chi connectivity index (χ0n) is 11.4. The molecule has 1 atom stereocenters. The second kappa shape index (κ2) is 8.82. The zero-order chi connectivity index (χ0) is 13.3. The van der Waals surface area contributed by atoms with E-state index in [0.29, 0.717) is 26.4 Å². The molecule has 1 aliphatic rings. The first-order valence-electron chi connectivity index (χ1n) is 6.92. The van der Waals surface area contributed by atoms with E-state index in [1.54, 1.807) is 0 Å². The van der Waals surface area contributed by atoms with Crippen LogP contribution in [0.15, 0.2) is 0 Å². The molecule has 18 heavy (non-hydrogen) atoms. The number of aliphatic hydroxyl groups is 2. The molecule has 0 heterocycles. The lowest BCUT2D eigenvalue weighted by atomic mass is 10.2. The van der Waals surface area contributed by atoms with Crippen LogP contribution in [-0.2, 0) is 9.47 Å². The molecule has 1 saturated carbocycles. The topological polar surface area (TPSA) is 71.0 Å². The van der Waals surface area contributed by atoms with Crippen LogP contribution in [0.3, 0.4) is 0 Å². The summed E-state index contributed by atoms with van der Waals surface area (Å²) in [6.45, 7) is 4.94. The third-order valence-corrected chi connectivity index (χ3v) is 3.19. The number of hydrogen-bond acceptors (Lipinski definition) is 5. The van der Waals surface area contributed by atoms with Crippen LogP contribution in [0.2, 0.25) is 0 Å². The van der Waals surface area contributed by atoms with Crippen molar-refractivity contribution in [3.05, 3.63) is 0 Å². The van der Waals surface area contributed by atoms with Gasteiger partial charge in [-0.05, 0) is 19.3 Å². The van der Waals surface area contributed by atoms with Gasteiger partial charge in [-0.2, -0.15) is 0 Å². The average Bonchev–Trinajstić information content (AvgIpc) is 3.16. The first-order chi connectivity index (χ1) is 8.72. The molecule has 0 bridgehead atoms. The fourth-order valence-electron chi connectivity index (χ4n) is 1.62. The van der Waals surface area contributed by atoms with Crippen LogP contribution < -0.4 is 5.32 Å². The Morgan fingerprint density at radius 3 is 2.56 bits per heavy atom. The van der Waals surface area contributed by atoms with Gasteiger partial charge in [0.15, 0.2) is 0 Å². The second-order valence-corrected chi connectivity index (χ2v) is 5.01. The van der Waals surface area contributed by atoms with Crippen LogP contribution in [0.25, 0.3) is 0 Å². The van der Waals surface area contributed by atoms with Gasteiger partial charge in [0.05, 0.1) is 32.5 Å². The molecule has 1 aliphatic carbocycles. The van der Waals surface area contributed by atoms with Crippen molar-refractivity contribution in [3.63, 3.8) is 0 Å². The fourth-order valence-corrected chi connectivity index (χ4v) is 1.62. The van der Waals surface area contributed by atoms with E-state index in [9.17, 15) is 5.11 Å². The Labute approximate surface area is 109 Å². The lowest BCUT2D eigenvalue weighted by molar-refractivity contribution is 0.00229. The number of aliphatic hydroxyl groups excluding tert-OH is 2. The number of rotatable bonds is 12. The Balaban J connectivity index is 1.86. The fraction of sp³-hybridized carbons (Fsp3) is 1.00. The van der Waals surface area contributed by atoms with E-state index in [2.05, 4.69) is 12.2 Å². The molecular weight excluding hydrogens is 234 g/mol. The monoisotopic (exact) mass is 261 g/mol. The van der Waals surface area contributed by atoms with Gasteiger partial charge in [-0.15, -0.1) is 0 Å². The van der Waals surface area contributed by atoms with Crippen LogP contribution in [0.5, 0.6) is 0 Å². The molecule has 0 spiro atoms. The highest BCUT2D eigenvalue weighted by Crippen LogP contribution is 2.34. The van der Waals surface area contributed by atoms with Crippen molar-refractivity contribution in [1.29, 1.82) is 0 Å². The van der Waals surface area contributed by atoms with E-state index in [4.69, 9.17) is 14.6 Å². The second-order valence-electron chi connectivity index (χ2n) is 5.01. The lowest BCUT2D eigenvalue weighted by Gasteiger charge is -2.17. The number of β-amino-alcohol motifs (C(OH)–C–C–N with tert-alkyl or cyclic N) is 1. The van der Waals surface area contributed by atoms with Gasteiger partial charge in [-0.3, -0.25) is 0 Å². The highest BCUT2D eigenvalue weighted by Gasteiger charge is 2.41. The zero-order valence-corrected chi connectivity index (χ0v) is 11.4. The molecule has 0 amide bonds. The molecule has 0 aromatic rings. The summed E-state index contributed by atoms with van der Waals surface area (Å²) in [6.07, 6.45) is 3.67. The summed E-state index contributed by atoms with van der Waals surface area (Å²) in [5, 5.41) is 21.9. The van der Waals surface area contributed by atoms with E-state index in [0.717, 1.165) is 32.3 Å². The minimum Gasteiger partial charge on any atom is -0.394 e. The smallest absolute Gasteiger partial charge is 0.0897 e. The third kappa shape index (κ3) is 6.66. The molecule has 5 nitrogen and oxygen atoms in total. The molecular formula is C13H27NO4. The number of ether oxygens (including phenoxy) is 2. The van der Waals surface area contributed by atoms with Gasteiger partial charge in [-0.25, -0.2) is 0 Å². The molecule has 3 N–H and O–H groups in total. The van der Waals surface area contributed by atoms with Crippen LogP contribution >= 0.6 is 0 Å². The van der Waals surface area contributed by atoms with Crippen LogP contribution in [0, 0.1) is 0 Å². The molecule has 1 fully saturated rings. The third-order valence-electron chi connectivity index (χ3n) is 3.19. The molecule has 0 saturated heterocycles. The maximum atomic E-state index is 9.67. The van der Waals surface area contributed by atoms with Gasteiger partial charge in [0, 0.05) is 18.7 Å². The van der Waals surface area contributed by atoms with Gasteiger partial charge in [0.2, 0.25) is 0 Å². The van der Waals surface area contributed by atoms with Crippen molar-refractivity contribution in [2.45, 2.75) is 44.2 Å². The SMILES string of the molecule is CCCCOCCOCC(O)CNC1(CO)CC1. The summed E-state index contributed by atoms with van der Waals surface area (Å²) >= 11 is 0. The summed E-state index contributed by atoms with van der Waals surface area (Å²) in [7, 11) is 0. The molecule has 0 aromatic heterocycles. The normalized spacial score (nSPS) is 18.8. The van der Waals surface area contributed by atoms with Gasteiger partial charge in [0.25, 0.3) is 0 Å². The first kappa shape index (κ1) is 15.9. The van der Waals surface area contributed by atoms with Crippen molar-refractivity contribution in [3.8, 4) is 0 Å². The Bertz CT molecular complexity index is 209. The molecule has 0 radical (unpaired) electrons. The number of nitrogens with one attached hydrogen (secondary N) is 1. The summed E-state index contributed by atoms with van der Waals surface area (Å²) < 4.78 is 10.7. The van der Waals surface area contributed by atoms with Crippen LogP contribution in [0.4, 0.5) is 0 Å². The molecule has 5 heteroatoms. The van der Waals surface area contributed by atoms with Crippen molar-refractivity contribution < 1.29 is 19.7 Å². The van der Waals surface area contributed by atoms with E-state index < -0.39 is 6.10 Å². The van der Waals surface area contributed by atoms with E-state index in [1.807, 2.05) is 0 Å². The molecule has 0 aliphatic heterocycles. The van der Waals surface area contributed by atoms with E-state index in [-0.39, 0.29) is 12.1 Å². The maximum Gasteiger partial charge on any atom is 0.0897 e. The lowest BCUT2D eigenvalue weighted by Crippen LogP contribution is -2.41. The predicted molar refractivity (Wildman–Crippen MR) is 69.6 cm³/mol. The summed E-state index contributed by atoms with van der Waals surface area (Å²) in [5.74, 6) is 0. The Hall–Kier alpha value is -0.200. The summed E-state index contributed by atoms with van der Waals surface area (Å²) in [5.41, 5.74) is -0.121. The average molecular weight is 261 g/mol. The molecule has 108 valence electrons. The first-order valence-corrected chi connectivity index (χ1v) is 6.92. The van der Waals surface area contributed by atoms with Gasteiger partial charge >= 0.3 is 0 Å². The number of hydrogen-bond donors (Lipinski definition) is 3. The minimum atomic E-state index is -0.523. The van der Waals surface area contributed by atoms with Gasteiger partial charge in [-0.1, -0.05) is 13.3 Å². The van der Waals surface area contributed by atoms with Crippen LogP contribution in [-0.4, -0.2) is 61.4 Å². The molecule has 1 rings (SSSR count). The van der Waals surface area contributed by atoms with Gasteiger partial charge < -0.3 is 25.0 Å². The molecule has 1 unspecified atom stereocenters. The Morgan fingerprint density at radius 2 is 1.94 bits per heavy atom. The Kier molecular flexibility index (Phi) is 7.77. The highest BCUT2D eigenvalue weighted by atomic mass is 16.5. The minimum absolute atomic E-state index is 0.121. The summed E-state index contributed by atoms with van der Waals surface area (Å²) in [6, 6.07) is 0. The van der Waals surface area contributed by atoms with Gasteiger partial charge in [0.1, 0.15) is 0 Å². The molecule has 0 aromatic carbocycles. The van der Waals surface area contributed by atoms with Crippen molar-refractivity contribution in [2.75, 3.05) is 39.6 Å². The quantitative estimate of drug-likeness (QED) is 0.441. The number of unbranched alkanes of at least 4 members (excludes halogenated alkanes) is 1. The standard InChI is InChI=1S/C13H27NO4/c1-2-3-6-17-7-8-18-10-12(16)9-14-13(11-15)4-5-13/h12,14-16H,2-11H2,1H3. The maximum absolute atomic E-state index is 9.67. The highest BCUT2D eigenvalue weighted by molar-refractivity contribution is 5.01. The predicted octanol–water partition coefficient (Wildman–Crippen LogP) is 0.295. The van der Waals surface area contributed by atoms with E-state index >= 15 is 0 Å². The van der Waals surface area contributed by atoms with Crippen molar-refractivity contribution in [1.82, 2.24) is 5.32 Å². The van der Waals surface area contributed by atoms with Crippen LogP contribution in [0.1, 0.15) is 32.6 Å². The Morgan fingerprint density at radius 1 is 1.22 bits per heavy atom. The van der Waals surface area contributed by atoms with Crippen molar-refractivity contribution in [2.24, 2.45) is 0 Å². The van der Waals surface area contributed by atoms with E-state index in [1.165, 1.54) is 0 Å². The van der Waals surface area contributed by atoms with Crippen molar-refractivity contribution >= 4 is 0 Å².